The van der Waals surface area contributed by atoms with Crippen molar-refractivity contribution in [2.75, 3.05) is 7.11 Å². The predicted octanol–water partition coefficient (Wildman–Crippen LogP) is 1.47. The number of rotatable bonds is 3. The van der Waals surface area contributed by atoms with Gasteiger partial charge in [0.25, 0.3) is 0 Å². The number of hydrogen-bond acceptors (Lipinski definition) is 6. The van der Waals surface area contributed by atoms with Crippen molar-refractivity contribution in [3.8, 4) is 11.3 Å². The van der Waals surface area contributed by atoms with Gasteiger partial charge in [-0.25, -0.2) is 14.8 Å². The molecule has 19 heavy (non-hydrogen) atoms. The van der Waals surface area contributed by atoms with E-state index in [0.717, 1.165) is 0 Å². The van der Waals surface area contributed by atoms with E-state index >= 15 is 0 Å². The van der Waals surface area contributed by atoms with Crippen LogP contribution in [0.15, 0.2) is 24.7 Å². The summed E-state index contributed by atoms with van der Waals surface area (Å²) in [5.74, 6) is -0.547. The second-order valence-electron chi connectivity index (χ2n) is 3.59. The van der Waals surface area contributed by atoms with E-state index in [2.05, 4.69) is 19.7 Å². The van der Waals surface area contributed by atoms with Crippen molar-refractivity contribution in [2.24, 2.45) is 0 Å². The molecule has 2 aromatic rings. The molecule has 0 saturated carbocycles. The molecule has 98 valence electrons. The van der Waals surface area contributed by atoms with Crippen molar-refractivity contribution < 1.29 is 14.6 Å². The third kappa shape index (κ3) is 2.86. The smallest absolute Gasteiger partial charge is 0.356 e. The Morgan fingerprint density at radius 3 is 2.79 bits per heavy atom. The summed E-state index contributed by atoms with van der Waals surface area (Å²) in [7, 11) is 1.28. The summed E-state index contributed by atoms with van der Waals surface area (Å²) in [6, 6.07) is 3.10. The van der Waals surface area contributed by atoms with Crippen LogP contribution in [0, 0.1) is 0 Å². The maximum absolute atomic E-state index is 11.4. The maximum Gasteiger partial charge on any atom is 0.356 e. The molecule has 0 atom stereocenters. The van der Waals surface area contributed by atoms with E-state index < -0.39 is 5.97 Å². The summed E-state index contributed by atoms with van der Waals surface area (Å²) in [4.78, 5) is 23.2. The highest BCUT2D eigenvalue weighted by Gasteiger charge is 2.11. The number of aromatic nitrogens is 3. The van der Waals surface area contributed by atoms with Crippen LogP contribution >= 0.6 is 11.6 Å². The van der Waals surface area contributed by atoms with Crippen molar-refractivity contribution >= 4 is 17.6 Å². The van der Waals surface area contributed by atoms with Gasteiger partial charge in [-0.3, -0.25) is 4.98 Å². The molecule has 2 heterocycles. The van der Waals surface area contributed by atoms with Gasteiger partial charge in [-0.15, -0.1) is 0 Å². The van der Waals surface area contributed by atoms with E-state index in [0.29, 0.717) is 22.0 Å². The molecule has 0 bridgehead atoms. The summed E-state index contributed by atoms with van der Waals surface area (Å²) in [6.07, 6.45) is 2.77. The lowest BCUT2D eigenvalue weighted by Crippen LogP contribution is -2.05. The van der Waals surface area contributed by atoms with E-state index in [1.807, 2.05) is 0 Å². The first-order valence-electron chi connectivity index (χ1n) is 5.31. The minimum Gasteiger partial charge on any atom is -0.464 e. The number of carbonyl (C=O) groups is 1. The zero-order valence-electron chi connectivity index (χ0n) is 10.00. The summed E-state index contributed by atoms with van der Waals surface area (Å²) in [5, 5.41) is 9.33. The fourth-order valence-corrected chi connectivity index (χ4v) is 1.68. The number of methoxy groups -OCH3 is 1. The summed E-state index contributed by atoms with van der Waals surface area (Å²) >= 11 is 5.95. The Hall–Kier alpha value is -2.05. The number of carbonyl (C=O) groups excluding carboxylic acids is 1. The van der Waals surface area contributed by atoms with Crippen LogP contribution in [0.2, 0.25) is 5.02 Å². The van der Waals surface area contributed by atoms with E-state index in [1.54, 1.807) is 6.07 Å². The Morgan fingerprint density at radius 1 is 1.37 bits per heavy atom. The fraction of sp³-hybridized carbons (Fsp3) is 0.167. The second kappa shape index (κ2) is 5.73. The minimum atomic E-state index is -0.547. The Labute approximate surface area is 114 Å². The number of nitrogens with zero attached hydrogens (tertiary/aromatic N) is 3. The monoisotopic (exact) mass is 279 g/mol. The van der Waals surface area contributed by atoms with Gasteiger partial charge in [0.2, 0.25) is 0 Å². The van der Waals surface area contributed by atoms with Gasteiger partial charge >= 0.3 is 5.97 Å². The van der Waals surface area contributed by atoms with Crippen molar-refractivity contribution in [1.29, 1.82) is 0 Å². The summed E-state index contributed by atoms with van der Waals surface area (Å²) in [5.41, 5.74) is 1.64. The van der Waals surface area contributed by atoms with Gasteiger partial charge in [0.15, 0.2) is 5.69 Å². The maximum atomic E-state index is 11.4. The Morgan fingerprint density at radius 2 is 2.16 bits per heavy atom. The molecule has 6 nitrogen and oxygen atoms in total. The van der Waals surface area contributed by atoms with Gasteiger partial charge in [0, 0.05) is 11.8 Å². The van der Waals surface area contributed by atoms with Crippen molar-refractivity contribution in [3.05, 3.63) is 41.1 Å². The molecular formula is C12H10ClN3O3. The molecule has 0 spiro atoms. The lowest BCUT2D eigenvalue weighted by Gasteiger charge is -2.05. The molecule has 0 amide bonds. The van der Waals surface area contributed by atoms with Gasteiger partial charge in [0.05, 0.1) is 30.1 Å². The highest BCUT2D eigenvalue weighted by atomic mass is 35.5. The SMILES string of the molecule is COC(=O)c1cc(-c2cnc(CO)c(Cl)c2)ncn1. The lowest BCUT2D eigenvalue weighted by atomic mass is 10.1. The van der Waals surface area contributed by atoms with E-state index in [1.165, 1.54) is 25.7 Å². The lowest BCUT2D eigenvalue weighted by molar-refractivity contribution is 0.0594. The molecule has 0 aliphatic rings. The number of hydrogen-bond donors (Lipinski definition) is 1. The third-order valence-electron chi connectivity index (χ3n) is 2.42. The quantitative estimate of drug-likeness (QED) is 0.857. The molecule has 0 unspecified atom stereocenters. The third-order valence-corrected chi connectivity index (χ3v) is 2.75. The van der Waals surface area contributed by atoms with Gasteiger partial charge in [-0.05, 0) is 12.1 Å². The second-order valence-corrected chi connectivity index (χ2v) is 4.00. The van der Waals surface area contributed by atoms with E-state index in [9.17, 15) is 4.79 Å². The van der Waals surface area contributed by atoms with Crippen LogP contribution in [0.5, 0.6) is 0 Å². The molecule has 0 aliphatic carbocycles. The zero-order chi connectivity index (χ0) is 13.8. The molecular weight excluding hydrogens is 270 g/mol. The minimum absolute atomic E-state index is 0.148. The van der Waals surface area contributed by atoms with Crippen molar-refractivity contribution in [3.63, 3.8) is 0 Å². The highest BCUT2D eigenvalue weighted by molar-refractivity contribution is 6.31. The van der Waals surface area contributed by atoms with Gasteiger partial charge in [-0.1, -0.05) is 11.6 Å². The standard InChI is InChI=1S/C12H10ClN3O3/c1-19-12(18)10-3-9(15-6-16-10)7-2-8(13)11(5-17)14-4-7/h2-4,6,17H,5H2,1H3. The van der Waals surface area contributed by atoms with Crippen molar-refractivity contribution in [1.82, 2.24) is 15.0 Å². The topological polar surface area (TPSA) is 85.2 Å². The molecule has 0 aromatic carbocycles. The van der Waals surface area contributed by atoms with Gasteiger partial charge in [0.1, 0.15) is 6.33 Å². The Bertz CT molecular complexity index is 619. The molecule has 0 saturated heterocycles. The number of esters is 1. The van der Waals surface area contributed by atoms with Crippen LogP contribution in [0.1, 0.15) is 16.2 Å². The largest absolute Gasteiger partial charge is 0.464 e. The first-order chi connectivity index (χ1) is 9.15. The van der Waals surface area contributed by atoms with E-state index in [-0.39, 0.29) is 12.3 Å². The fourth-order valence-electron chi connectivity index (χ4n) is 1.45. The zero-order valence-corrected chi connectivity index (χ0v) is 10.8. The summed E-state index contributed by atoms with van der Waals surface area (Å²) < 4.78 is 4.58. The number of aliphatic hydroxyl groups is 1. The average molecular weight is 280 g/mol. The van der Waals surface area contributed by atoms with Crippen LogP contribution in [-0.2, 0) is 11.3 Å². The highest BCUT2D eigenvalue weighted by Crippen LogP contribution is 2.22. The van der Waals surface area contributed by atoms with Gasteiger partial charge < -0.3 is 9.84 Å². The normalized spacial score (nSPS) is 10.3. The number of aliphatic hydroxyl groups excluding tert-OH is 1. The predicted molar refractivity (Wildman–Crippen MR) is 67.5 cm³/mol. The molecule has 0 radical (unpaired) electrons. The molecule has 1 N–H and O–H groups in total. The first kappa shape index (κ1) is 13.4. The van der Waals surface area contributed by atoms with Crippen LogP contribution < -0.4 is 0 Å². The van der Waals surface area contributed by atoms with Crippen LogP contribution in [0.25, 0.3) is 11.3 Å². The Balaban J connectivity index is 2.41. The van der Waals surface area contributed by atoms with Crippen LogP contribution in [0.4, 0.5) is 0 Å². The molecule has 2 rings (SSSR count). The molecule has 2 aromatic heterocycles. The Kier molecular flexibility index (Phi) is 4.03. The first-order valence-corrected chi connectivity index (χ1v) is 5.69. The summed E-state index contributed by atoms with van der Waals surface area (Å²) in [6.45, 7) is -0.240. The molecule has 7 heteroatoms. The number of halogens is 1. The average Bonchev–Trinajstić information content (AvgIpc) is 2.46. The molecule has 0 aliphatic heterocycles. The number of pyridine rings is 1. The van der Waals surface area contributed by atoms with Crippen LogP contribution in [-0.4, -0.2) is 33.1 Å². The number of ether oxygens (including phenoxy) is 1. The van der Waals surface area contributed by atoms with Crippen LogP contribution in [0.3, 0.4) is 0 Å². The molecule has 0 fully saturated rings. The van der Waals surface area contributed by atoms with Crippen molar-refractivity contribution in [2.45, 2.75) is 6.61 Å². The van der Waals surface area contributed by atoms with E-state index in [4.69, 9.17) is 16.7 Å². The van der Waals surface area contributed by atoms with Gasteiger partial charge in [-0.2, -0.15) is 0 Å².